The Morgan fingerprint density at radius 3 is 2.75 bits per heavy atom. The molecule has 1 unspecified atom stereocenters. The van der Waals surface area contributed by atoms with Crippen LogP contribution in [0.5, 0.6) is 0 Å². The Labute approximate surface area is 187 Å². The highest BCUT2D eigenvalue weighted by Gasteiger charge is 2.43. The lowest BCUT2D eigenvalue weighted by Crippen LogP contribution is -2.35. The van der Waals surface area contributed by atoms with E-state index in [4.69, 9.17) is 5.14 Å². The summed E-state index contributed by atoms with van der Waals surface area (Å²) in [7, 11) is -3.67. The maximum atomic E-state index is 12.6. The fourth-order valence-corrected chi connectivity index (χ4v) is 6.70. The van der Waals surface area contributed by atoms with E-state index in [9.17, 15) is 8.42 Å². The molecule has 1 aromatic carbocycles. The van der Waals surface area contributed by atoms with E-state index >= 15 is 0 Å². The van der Waals surface area contributed by atoms with E-state index in [-0.39, 0.29) is 11.8 Å². The standard InChI is InChI=1S/C23H28N6O2S/c1-2-16-12-17(20(32(24,30)31)9-8-15-6-4-3-5-7-15)13-18(16)23-28-27-21-14-26-22-19(29(21)23)10-11-25-22/h3-7,10-11,14,16-18,20,25H,2,8-9,12-13H2,1H3,(H2,24,30,31)/t16-,17+,18+,20?/m1/s1. The number of aromatic amines is 1. The predicted molar refractivity (Wildman–Crippen MR) is 124 cm³/mol. The van der Waals surface area contributed by atoms with Crippen molar-refractivity contribution in [3.05, 3.63) is 60.2 Å². The number of aryl methyl sites for hydroxylation is 1. The number of primary sulfonamides is 1. The van der Waals surface area contributed by atoms with Gasteiger partial charge in [0.25, 0.3) is 0 Å². The Morgan fingerprint density at radius 1 is 1.19 bits per heavy atom. The van der Waals surface area contributed by atoms with Crippen LogP contribution in [-0.2, 0) is 16.4 Å². The molecule has 3 heterocycles. The minimum absolute atomic E-state index is 0.000403. The van der Waals surface area contributed by atoms with Crippen molar-refractivity contribution >= 4 is 26.8 Å². The van der Waals surface area contributed by atoms with Crippen molar-refractivity contribution in [2.45, 2.75) is 50.2 Å². The molecule has 168 valence electrons. The Hall–Kier alpha value is -2.78. The van der Waals surface area contributed by atoms with Crippen LogP contribution in [-0.4, -0.2) is 38.2 Å². The molecule has 9 heteroatoms. The topological polar surface area (TPSA) is 119 Å². The minimum Gasteiger partial charge on any atom is -0.345 e. The Balaban J connectivity index is 1.46. The predicted octanol–water partition coefficient (Wildman–Crippen LogP) is 3.42. The molecule has 1 aliphatic carbocycles. The van der Waals surface area contributed by atoms with Gasteiger partial charge in [-0.3, -0.25) is 4.40 Å². The molecule has 3 aromatic heterocycles. The summed E-state index contributed by atoms with van der Waals surface area (Å²) in [5.74, 6) is 1.34. The lowest BCUT2D eigenvalue weighted by atomic mass is 9.93. The van der Waals surface area contributed by atoms with E-state index in [0.29, 0.717) is 24.4 Å². The molecular formula is C23H28N6O2S. The summed E-state index contributed by atoms with van der Waals surface area (Å²) in [4.78, 5) is 7.54. The molecule has 32 heavy (non-hydrogen) atoms. The van der Waals surface area contributed by atoms with Crippen LogP contribution in [0.15, 0.2) is 48.8 Å². The van der Waals surface area contributed by atoms with Gasteiger partial charge in [-0.25, -0.2) is 18.5 Å². The van der Waals surface area contributed by atoms with Gasteiger partial charge >= 0.3 is 0 Å². The zero-order valence-electron chi connectivity index (χ0n) is 18.1. The Kier molecular flexibility index (Phi) is 5.46. The van der Waals surface area contributed by atoms with Gasteiger partial charge in [-0.1, -0.05) is 43.7 Å². The van der Waals surface area contributed by atoms with E-state index in [0.717, 1.165) is 41.8 Å². The van der Waals surface area contributed by atoms with Crippen LogP contribution in [0.2, 0.25) is 0 Å². The second-order valence-corrected chi connectivity index (χ2v) is 10.7. The largest absolute Gasteiger partial charge is 0.345 e. The van der Waals surface area contributed by atoms with Gasteiger partial charge in [-0.05, 0) is 49.1 Å². The molecule has 1 aliphatic rings. The van der Waals surface area contributed by atoms with Gasteiger partial charge in [0.05, 0.1) is 17.0 Å². The van der Waals surface area contributed by atoms with Crippen LogP contribution >= 0.6 is 0 Å². The Bertz CT molecular complexity index is 1330. The van der Waals surface area contributed by atoms with Crippen molar-refractivity contribution in [3.63, 3.8) is 0 Å². The maximum Gasteiger partial charge on any atom is 0.212 e. The lowest BCUT2D eigenvalue weighted by Gasteiger charge is -2.22. The number of fused-ring (bicyclic) bond motifs is 3. The van der Waals surface area contributed by atoms with Crippen LogP contribution in [0.1, 0.15) is 49.9 Å². The zero-order valence-corrected chi connectivity index (χ0v) is 18.9. The van der Waals surface area contributed by atoms with Crippen molar-refractivity contribution in [2.24, 2.45) is 17.0 Å². The maximum absolute atomic E-state index is 12.6. The van der Waals surface area contributed by atoms with E-state index in [2.05, 4.69) is 31.5 Å². The van der Waals surface area contributed by atoms with Crippen molar-refractivity contribution in [1.82, 2.24) is 24.6 Å². The first-order valence-corrected chi connectivity index (χ1v) is 12.8. The normalized spacial score (nSPS) is 22.6. The van der Waals surface area contributed by atoms with Crippen LogP contribution in [0.4, 0.5) is 0 Å². The SMILES string of the molecule is CC[C@@H]1C[C@H](C(CCc2ccccc2)S(N)(=O)=O)C[C@@H]1c1nnc2cnc3[nH]ccc3n12. The van der Waals surface area contributed by atoms with Crippen molar-refractivity contribution in [2.75, 3.05) is 0 Å². The molecule has 0 aliphatic heterocycles. The number of benzene rings is 1. The third-order valence-corrected chi connectivity index (χ3v) is 8.53. The molecule has 3 N–H and O–H groups in total. The average molecular weight is 453 g/mol. The lowest BCUT2D eigenvalue weighted by molar-refractivity contribution is 0.430. The summed E-state index contributed by atoms with van der Waals surface area (Å²) in [6.07, 6.45) is 7.32. The number of hydrogen-bond donors (Lipinski definition) is 2. The highest BCUT2D eigenvalue weighted by atomic mass is 32.2. The Morgan fingerprint density at radius 2 is 2.00 bits per heavy atom. The molecule has 0 saturated heterocycles. The molecule has 1 fully saturated rings. The number of rotatable bonds is 7. The summed E-state index contributed by atoms with van der Waals surface area (Å²) >= 11 is 0. The smallest absolute Gasteiger partial charge is 0.212 e. The first-order chi connectivity index (χ1) is 15.5. The van der Waals surface area contributed by atoms with Crippen LogP contribution < -0.4 is 5.14 Å². The van der Waals surface area contributed by atoms with Crippen molar-refractivity contribution in [3.8, 4) is 0 Å². The summed E-state index contributed by atoms with van der Waals surface area (Å²) in [6.45, 7) is 2.16. The highest BCUT2D eigenvalue weighted by Crippen LogP contribution is 2.47. The number of hydrogen-bond acceptors (Lipinski definition) is 5. The number of H-pyrrole nitrogens is 1. The molecule has 4 atom stereocenters. The summed E-state index contributed by atoms with van der Waals surface area (Å²) in [5, 5.41) is 14.1. The number of nitrogens with one attached hydrogen (secondary N) is 1. The summed E-state index contributed by atoms with van der Waals surface area (Å²) in [6, 6.07) is 12.0. The molecular weight excluding hydrogens is 424 g/mol. The van der Waals surface area contributed by atoms with Gasteiger partial charge in [0.15, 0.2) is 11.3 Å². The van der Waals surface area contributed by atoms with Crippen LogP contribution in [0, 0.1) is 11.8 Å². The minimum atomic E-state index is -3.67. The van der Waals surface area contributed by atoms with E-state index < -0.39 is 15.3 Å². The van der Waals surface area contributed by atoms with E-state index in [1.54, 1.807) is 6.20 Å². The van der Waals surface area contributed by atoms with Gasteiger partial charge in [0.1, 0.15) is 5.82 Å². The molecule has 0 spiro atoms. The zero-order chi connectivity index (χ0) is 22.3. The quantitative estimate of drug-likeness (QED) is 0.445. The van der Waals surface area contributed by atoms with Gasteiger partial charge in [-0.2, -0.15) is 0 Å². The number of sulfonamides is 1. The molecule has 4 aromatic rings. The third kappa shape index (κ3) is 3.80. The second kappa shape index (κ2) is 8.29. The van der Waals surface area contributed by atoms with Gasteiger partial charge in [0.2, 0.25) is 10.0 Å². The number of nitrogens with two attached hydrogens (primary N) is 1. The summed E-state index contributed by atoms with van der Waals surface area (Å²) in [5.41, 5.74) is 3.56. The fourth-order valence-electron chi connectivity index (χ4n) is 5.50. The molecule has 5 rings (SSSR count). The van der Waals surface area contributed by atoms with Gasteiger partial charge in [-0.15, -0.1) is 10.2 Å². The first-order valence-electron chi connectivity index (χ1n) is 11.2. The monoisotopic (exact) mass is 452 g/mol. The molecule has 0 amide bonds. The highest BCUT2D eigenvalue weighted by molar-refractivity contribution is 7.89. The fraction of sp³-hybridized carbons (Fsp3) is 0.435. The van der Waals surface area contributed by atoms with Crippen LogP contribution in [0.3, 0.4) is 0 Å². The molecule has 8 nitrogen and oxygen atoms in total. The van der Waals surface area contributed by atoms with Gasteiger partial charge in [0, 0.05) is 12.1 Å². The average Bonchev–Trinajstić information content (AvgIpc) is 3.50. The van der Waals surface area contributed by atoms with E-state index in [1.165, 1.54) is 0 Å². The molecule has 0 bridgehead atoms. The van der Waals surface area contributed by atoms with Crippen molar-refractivity contribution in [1.29, 1.82) is 0 Å². The first kappa shape index (κ1) is 21.1. The second-order valence-electron chi connectivity index (χ2n) is 8.88. The van der Waals surface area contributed by atoms with Crippen LogP contribution in [0.25, 0.3) is 16.8 Å². The number of aromatic nitrogens is 5. The summed E-state index contributed by atoms with van der Waals surface area (Å²) < 4.78 is 27.3. The third-order valence-electron chi connectivity index (χ3n) is 7.06. The molecule has 0 radical (unpaired) electrons. The molecule has 1 saturated carbocycles. The van der Waals surface area contributed by atoms with E-state index in [1.807, 2.05) is 42.6 Å². The number of nitrogens with zero attached hydrogens (tertiary/aromatic N) is 4. The van der Waals surface area contributed by atoms with Gasteiger partial charge < -0.3 is 4.98 Å². The van der Waals surface area contributed by atoms with Crippen molar-refractivity contribution < 1.29 is 8.42 Å².